The number of hydrogen-bond acceptors (Lipinski definition) is 2. The lowest BCUT2D eigenvalue weighted by molar-refractivity contribution is -0.143. The highest BCUT2D eigenvalue weighted by Crippen LogP contribution is 2.37. The Bertz CT molecular complexity index is 1050. The van der Waals surface area contributed by atoms with E-state index in [1.807, 2.05) is 0 Å². The molecule has 0 N–H and O–H groups in total. The van der Waals surface area contributed by atoms with Crippen LogP contribution in [0.15, 0.2) is 42.0 Å². The van der Waals surface area contributed by atoms with E-state index in [4.69, 9.17) is 4.74 Å². The Morgan fingerprint density at radius 1 is 1.00 bits per heavy atom. The monoisotopic (exact) mass is 414 g/mol. The van der Waals surface area contributed by atoms with Crippen molar-refractivity contribution in [1.82, 2.24) is 0 Å². The van der Waals surface area contributed by atoms with E-state index in [-0.39, 0.29) is 23.0 Å². The van der Waals surface area contributed by atoms with Crippen LogP contribution < -0.4 is 4.74 Å². The number of benzene rings is 2. The highest BCUT2D eigenvalue weighted by molar-refractivity contribution is 5.86. The average molecular weight is 414 g/mol. The van der Waals surface area contributed by atoms with Crippen LogP contribution in [0.2, 0.25) is 0 Å². The number of aldehydes is 1. The van der Waals surface area contributed by atoms with Crippen molar-refractivity contribution < 1.29 is 40.3 Å². The molecule has 0 saturated carbocycles. The lowest BCUT2D eigenvalue weighted by atomic mass is 10.0. The summed E-state index contributed by atoms with van der Waals surface area (Å²) in [6.45, 7) is 0. The highest BCUT2D eigenvalue weighted by atomic mass is 19.4. The predicted octanol–water partition coefficient (Wildman–Crippen LogP) is 5.26. The lowest BCUT2D eigenvalue weighted by Crippen LogP contribution is -2.22. The number of rotatable bonds is 1. The van der Waals surface area contributed by atoms with Gasteiger partial charge in [0.1, 0.15) is 11.6 Å². The molecule has 2 aromatic carbocycles. The Morgan fingerprint density at radius 2 is 1.72 bits per heavy atom. The van der Waals surface area contributed by atoms with E-state index in [1.54, 1.807) is 0 Å². The van der Waals surface area contributed by atoms with Gasteiger partial charge in [-0.05, 0) is 42.3 Å². The van der Waals surface area contributed by atoms with Crippen molar-refractivity contribution in [3.63, 3.8) is 0 Å². The van der Waals surface area contributed by atoms with Gasteiger partial charge in [0.05, 0.1) is 16.7 Å². The standard InChI is InChI=1S/C20H9F7O2/c21-16-2-1-3-18-14(16)8-12(10-28)17(29-18)7-5-11-4-6-13(19(22,23)24)9-15(11)20(25,26)27/h1-4,6,8-10,17H. The Balaban J connectivity index is 2.03. The molecule has 0 radical (unpaired) electrons. The normalized spacial score (nSPS) is 16.1. The van der Waals surface area contributed by atoms with Crippen LogP contribution in [0.3, 0.4) is 0 Å². The maximum Gasteiger partial charge on any atom is 0.417 e. The van der Waals surface area contributed by atoms with Gasteiger partial charge in [-0.1, -0.05) is 12.0 Å². The summed E-state index contributed by atoms with van der Waals surface area (Å²) in [7, 11) is 0. The Labute approximate surface area is 159 Å². The number of alkyl halides is 6. The summed E-state index contributed by atoms with van der Waals surface area (Å²) in [5.74, 6) is 3.77. The van der Waals surface area contributed by atoms with Crippen LogP contribution in [0, 0.1) is 17.7 Å². The average Bonchev–Trinajstić information content (AvgIpc) is 2.64. The molecule has 3 rings (SSSR count). The first-order valence-electron chi connectivity index (χ1n) is 7.92. The van der Waals surface area contributed by atoms with Gasteiger partial charge in [0, 0.05) is 11.1 Å². The minimum absolute atomic E-state index is 0.0156. The zero-order valence-electron chi connectivity index (χ0n) is 14.2. The van der Waals surface area contributed by atoms with Crippen LogP contribution in [0.1, 0.15) is 22.3 Å². The van der Waals surface area contributed by atoms with E-state index in [0.29, 0.717) is 18.4 Å². The summed E-state index contributed by atoms with van der Waals surface area (Å²) >= 11 is 0. The zero-order chi connectivity index (χ0) is 21.4. The molecule has 1 unspecified atom stereocenters. The van der Waals surface area contributed by atoms with E-state index in [0.717, 1.165) is 12.1 Å². The van der Waals surface area contributed by atoms with Crippen molar-refractivity contribution in [3.8, 4) is 17.6 Å². The molecule has 2 aromatic rings. The molecule has 1 atom stereocenters. The summed E-state index contributed by atoms with van der Waals surface area (Å²) in [6, 6.07) is 4.87. The number of ether oxygens (including phenoxy) is 1. The second-order valence-corrected chi connectivity index (χ2v) is 5.94. The van der Waals surface area contributed by atoms with Crippen molar-refractivity contribution in [3.05, 3.63) is 70.0 Å². The third-order valence-electron chi connectivity index (χ3n) is 4.00. The van der Waals surface area contributed by atoms with E-state index < -0.39 is 41.0 Å². The third kappa shape index (κ3) is 4.26. The van der Waals surface area contributed by atoms with Crippen molar-refractivity contribution in [1.29, 1.82) is 0 Å². The molecule has 29 heavy (non-hydrogen) atoms. The number of carbonyl (C=O) groups excluding carboxylic acids is 1. The largest absolute Gasteiger partial charge is 0.472 e. The van der Waals surface area contributed by atoms with Gasteiger partial charge in [0.15, 0.2) is 12.4 Å². The van der Waals surface area contributed by atoms with Crippen molar-refractivity contribution in [2.45, 2.75) is 18.5 Å². The van der Waals surface area contributed by atoms with Gasteiger partial charge in [-0.3, -0.25) is 4.79 Å². The molecule has 0 aromatic heterocycles. The van der Waals surface area contributed by atoms with Gasteiger partial charge in [0.2, 0.25) is 0 Å². The number of carbonyl (C=O) groups is 1. The molecule has 2 nitrogen and oxygen atoms in total. The van der Waals surface area contributed by atoms with Gasteiger partial charge in [-0.15, -0.1) is 0 Å². The second-order valence-electron chi connectivity index (χ2n) is 5.94. The first-order chi connectivity index (χ1) is 13.5. The highest BCUT2D eigenvalue weighted by Gasteiger charge is 2.38. The molecular formula is C20H9F7O2. The molecule has 9 heteroatoms. The molecule has 1 aliphatic rings. The molecule has 1 aliphatic heterocycles. The summed E-state index contributed by atoms with van der Waals surface area (Å²) in [5, 5.41) is 0. The summed E-state index contributed by atoms with van der Waals surface area (Å²) in [5.41, 5.74) is -3.92. The molecule has 1 heterocycles. The number of fused-ring (bicyclic) bond motifs is 1. The predicted molar refractivity (Wildman–Crippen MR) is 88.2 cm³/mol. The smallest absolute Gasteiger partial charge is 0.417 e. The summed E-state index contributed by atoms with van der Waals surface area (Å²) < 4.78 is 96.9. The van der Waals surface area contributed by atoms with Crippen molar-refractivity contribution >= 4 is 12.4 Å². The zero-order valence-corrected chi connectivity index (χ0v) is 14.2. The fourth-order valence-electron chi connectivity index (χ4n) is 2.61. The van der Waals surface area contributed by atoms with Crippen LogP contribution in [-0.4, -0.2) is 12.4 Å². The number of halogens is 7. The minimum atomic E-state index is -5.09. The van der Waals surface area contributed by atoms with Gasteiger partial charge < -0.3 is 4.74 Å². The third-order valence-corrected chi connectivity index (χ3v) is 4.00. The van der Waals surface area contributed by atoms with Gasteiger partial charge in [0.25, 0.3) is 0 Å². The SMILES string of the molecule is O=CC1=Cc2c(F)cccc2OC1C#Cc1ccc(C(F)(F)F)cc1C(F)(F)F. The van der Waals surface area contributed by atoms with Crippen LogP contribution >= 0.6 is 0 Å². The fraction of sp³-hybridized carbons (Fsp3) is 0.150. The van der Waals surface area contributed by atoms with E-state index in [2.05, 4.69) is 11.8 Å². The second kappa shape index (κ2) is 7.28. The lowest BCUT2D eigenvalue weighted by Gasteiger charge is -2.21. The Hall–Kier alpha value is -3.28. The van der Waals surface area contributed by atoms with Gasteiger partial charge in [-0.25, -0.2) is 4.39 Å². The maximum atomic E-state index is 13.8. The summed E-state index contributed by atoms with van der Waals surface area (Å²) in [6.07, 6.45) is -9.90. The topological polar surface area (TPSA) is 26.3 Å². The quantitative estimate of drug-likeness (QED) is 0.362. The minimum Gasteiger partial charge on any atom is -0.472 e. The first kappa shape index (κ1) is 20.5. The first-order valence-corrected chi connectivity index (χ1v) is 7.92. The maximum absolute atomic E-state index is 13.8. The van der Waals surface area contributed by atoms with Crippen LogP contribution in [0.5, 0.6) is 5.75 Å². The van der Waals surface area contributed by atoms with Crippen LogP contribution in [0.4, 0.5) is 30.7 Å². The van der Waals surface area contributed by atoms with E-state index in [1.165, 1.54) is 12.1 Å². The molecular weight excluding hydrogens is 405 g/mol. The van der Waals surface area contributed by atoms with Crippen LogP contribution in [0.25, 0.3) is 6.08 Å². The molecule has 0 spiro atoms. The van der Waals surface area contributed by atoms with Crippen molar-refractivity contribution in [2.75, 3.05) is 0 Å². The fourth-order valence-corrected chi connectivity index (χ4v) is 2.61. The molecule has 150 valence electrons. The molecule has 0 bridgehead atoms. The molecule has 0 aliphatic carbocycles. The van der Waals surface area contributed by atoms with E-state index >= 15 is 0 Å². The van der Waals surface area contributed by atoms with Gasteiger partial charge in [-0.2, -0.15) is 26.3 Å². The Morgan fingerprint density at radius 3 is 2.34 bits per heavy atom. The molecule has 0 amide bonds. The number of hydrogen-bond donors (Lipinski definition) is 0. The Kier molecular flexibility index (Phi) is 5.13. The van der Waals surface area contributed by atoms with Crippen LogP contribution in [-0.2, 0) is 17.1 Å². The molecule has 0 fully saturated rings. The summed E-state index contributed by atoms with van der Waals surface area (Å²) in [4.78, 5) is 11.2. The molecule has 0 saturated heterocycles. The van der Waals surface area contributed by atoms with Gasteiger partial charge >= 0.3 is 12.4 Å². The van der Waals surface area contributed by atoms with Crippen molar-refractivity contribution in [2.24, 2.45) is 0 Å². The van der Waals surface area contributed by atoms with E-state index in [9.17, 15) is 35.5 Å².